The first-order chi connectivity index (χ1) is 8.95. The normalized spacial score (nSPS) is 10.8. The Balaban J connectivity index is 2.75. The lowest BCUT2D eigenvalue weighted by molar-refractivity contribution is 0.704. The van der Waals surface area contributed by atoms with Crippen LogP contribution in [0.5, 0.6) is 0 Å². The molecule has 1 aromatic carbocycles. The number of aryl methyl sites for hydroxylation is 2. The Morgan fingerprint density at radius 2 is 1.89 bits per heavy atom. The van der Waals surface area contributed by atoms with E-state index in [1.165, 1.54) is 21.4 Å². The molecule has 0 aliphatic rings. The van der Waals surface area contributed by atoms with Gasteiger partial charge >= 0.3 is 0 Å². The minimum atomic E-state index is -0.134. The second-order valence-corrected chi connectivity index (χ2v) is 4.86. The minimum Gasteiger partial charge on any atom is -0.326 e. The highest BCUT2D eigenvalue weighted by molar-refractivity contribution is 5.68. The summed E-state index contributed by atoms with van der Waals surface area (Å²) >= 11 is 0. The molecule has 0 unspecified atom stereocenters. The van der Waals surface area contributed by atoms with Crippen LogP contribution in [0.25, 0.3) is 11.3 Å². The smallest absolute Gasteiger partial charge is 0.266 e. The molecular weight excluding hydrogens is 238 g/mol. The van der Waals surface area contributed by atoms with E-state index in [4.69, 9.17) is 5.73 Å². The van der Waals surface area contributed by atoms with Crippen molar-refractivity contribution in [1.82, 2.24) is 9.78 Å². The molecule has 2 N–H and O–H groups in total. The molecule has 0 aliphatic carbocycles. The van der Waals surface area contributed by atoms with E-state index in [1.807, 2.05) is 6.07 Å². The average Bonchev–Trinajstić information content (AvgIpc) is 2.39. The van der Waals surface area contributed by atoms with Crippen molar-refractivity contribution >= 4 is 0 Å². The summed E-state index contributed by atoms with van der Waals surface area (Å²) in [5, 5.41) is 4.37. The standard InChI is InChI=1S/C15H19N3O/c1-9-5-6-13(11(3)10(9)2)15-12(8-16)7-14(19)18(4)17-15/h5-7H,8,16H2,1-4H3. The Hall–Kier alpha value is -1.94. The van der Waals surface area contributed by atoms with Crippen molar-refractivity contribution in [2.45, 2.75) is 27.3 Å². The van der Waals surface area contributed by atoms with Gasteiger partial charge in [-0.1, -0.05) is 12.1 Å². The number of benzene rings is 1. The molecule has 0 saturated heterocycles. The summed E-state index contributed by atoms with van der Waals surface area (Å²) in [4.78, 5) is 11.6. The van der Waals surface area contributed by atoms with Crippen molar-refractivity contribution in [2.24, 2.45) is 12.8 Å². The molecule has 0 saturated carbocycles. The maximum absolute atomic E-state index is 11.6. The Kier molecular flexibility index (Phi) is 3.53. The van der Waals surface area contributed by atoms with Gasteiger partial charge in [-0.25, -0.2) is 4.68 Å². The predicted molar refractivity (Wildman–Crippen MR) is 77.0 cm³/mol. The summed E-state index contributed by atoms with van der Waals surface area (Å²) in [5.41, 5.74) is 11.9. The molecule has 0 bridgehead atoms. The second kappa shape index (κ2) is 4.97. The van der Waals surface area contributed by atoms with Gasteiger partial charge in [0.05, 0.1) is 5.69 Å². The van der Waals surface area contributed by atoms with E-state index >= 15 is 0 Å². The maximum Gasteiger partial charge on any atom is 0.266 e. The van der Waals surface area contributed by atoms with Gasteiger partial charge in [0.2, 0.25) is 0 Å². The lowest BCUT2D eigenvalue weighted by Crippen LogP contribution is -2.21. The van der Waals surface area contributed by atoms with Gasteiger partial charge in [-0.15, -0.1) is 0 Å². The van der Waals surface area contributed by atoms with E-state index in [1.54, 1.807) is 13.1 Å². The lowest BCUT2D eigenvalue weighted by Gasteiger charge is -2.14. The van der Waals surface area contributed by atoms with E-state index < -0.39 is 0 Å². The van der Waals surface area contributed by atoms with Crippen LogP contribution in [0, 0.1) is 20.8 Å². The first-order valence-corrected chi connectivity index (χ1v) is 6.30. The number of nitrogens with two attached hydrogens (primary N) is 1. The third-order valence-electron chi connectivity index (χ3n) is 3.70. The van der Waals surface area contributed by atoms with Crippen LogP contribution < -0.4 is 11.3 Å². The van der Waals surface area contributed by atoms with Crippen molar-refractivity contribution in [1.29, 1.82) is 0 Å². The molecule has 100 valence electrons. The Labute approximate surface area is 112 Å². The summed E-state index contributed by atoms with van der Waals surface area (Å²) in [5.74, 6) is 0. The van der Waals surface area contributed by atoms with Crippen LogP contribution in [0.1, 0.15) is 22.3 Å². The van der Waals surface area contributed by atoms with Gasteiger partial charge in [-0.2, -0.15) is 5.10 Å². The molecule has 0 amide bonds. The molecule has 19 heavy (non-hydrogen) atoms. The van der Waals surface area contributed by atoms with Gasteiger partial charge < -0.3 is 5.73 Å². The molecule has 4 nitrogen and oxygen atoms in total. The molecule has 0 spiro atoms. The monoisotopic (exact) mass is 257 g/mol. The number of hydrogen-bond donors (Lipinski definition) is 1. The Bertz CT molecular complexity index is 687. The largest absolute Gasteiger partial charge is 0.326 e. The number of nitrogens with zero attached hydrogens (tertiary/aromatic N) is 2. The number of hydrogen-bond acceptors (Lipinski definition) is 3. The summed E-state index contributed by atoms with van der Waals surface area (Å²) in [6, 6.07) is 5.69. The molecule has 1 heterocycles. The van der Waals surface area contributed by atoms with E-state index in [2.05, 4.69) is 31.9 Å². The molecule has 2 rings (SSSR count). The molecule has 0 aliphatic heterocycles. The molecule has 4 heteroatoms. The first kappa shape index (κ1) is 13.5. The molecule has 0 fully saturated rings. The van der Waals surface area contributed by atoms with Crippen LogP contribution in [-0.2, 0) is 13.6 Å². The minimum absolute atomic E-state index is 0.134. The van der Waals surface area contributed by atoms with Crippen LogP contribution in [0.15, 0.2) is 23.0 Å². The Morgan fingerprint density at radius 1 is 1.21 bits per heavy atom. The topological polar surface area (TPSA) is 60.9 Å². The summed E-state index contributed by atoms with van der Waals surface area (Å²) in [6.07, 6.45) is 0. The van der Waals surface area contributed by atoms with Gasteiger partial charge in [0.25, 0.3) is 5.56 Å². The van der Waals surface area contributed by atoms with Gasteiger partial charge in [0, 0.05) is 25.2 Å². The van der Waals surface area contributed by atoms with Crippen molar-refractivity contribution in [3.05, 3.63) is 50.8 Å². The SMILES string of the molecule is Cc1ccc(-c2nn(C)c(=O)cc2CN)c(C)c1C. The number of rotatable bonds is 2. The second-order valence-electron chi connectivity index (χ2n) is 4.86. The average molecular weight is 257 g/mol. The van der Waals surface area contributed by atoms with Crippen LogP contribution >= 0.6 is 0 Å². The van der Waals surface area contributed by atoms with Gasteiger partial charge in [0.1, 0.15) is 0 Å². The molecule has 1 aromatic heterocycles. The van der Waals surface area contributed by atoms with E-state index in [0.717, 1.165) is 16.8 Å². The highest BCUT2D eigenvalue weighted by atomic mass is 16.1. The summed E-state index contributed by atoms with van der Waals surface area (Å²) < 4.78 is 1.35. The van der Waals surface area contributed by atoms with Gasteiger partial charge in [0.15, 0.2) is 0 Å². The van der Waals surface area contributed by atoms with Crippen LogP contribution in [-0.4, -0.2) is 9.78 Å². The van der Waals surface area contributed by atoms with Crippen LogP contribution in [0.2, 0.25) is 0 Å². The van der Waals surface area contributed by atoms with Crippen LogP contribution in [0.3, 0.4) is 0 Å². The quantitative estimate of drug-likeness (QED) is 0.893. The molecule has 0 atom stereocenters. The van der Waals surface area contributed by atoms with Crippen molar-refractivity contribution in [3.63, 3.8) is 0 Å². The van der Waals surface area contributed by atoms with Crippen molar-refractivity contribution < 1.29 is 0 Å². The zero-order chi connectivity index (χ0) is 14.2. The van der Waals surface area contributed by atoms with Crippen molar-refractivity contribution in [2.75, 3.05) is 0 Å². The van der Waals surface area contributed by atoms with Gasteiger partial charge in [-0.05, 0) is 43.0 Å². The van der Waals surface area contributed by atoms with Gasteiger partial charge in [-0.3, -0.25) is 4.79 Å². The van der Waals surface area contributed by atoms with E-state index in [-0.39, 0.29) is 5.56 Å². The molecule has 0 radical (unpaired) electrons. The van der Waals surface area contributed by atoms with Crippen LogP contribution in [0.4, 0.5) is 0 Å². The first-order valence-electron chi connectivity index (χ1n) is 6.30. The number of aromatic nitrogens is 2. The zero-order valence-electron chi connectivity index (χ0n) is 11.8. The Morgan fingerprint density at radius 3 is 2.53 bits per heavy atom. The summed E-state index contributed by atoms with van der Waals surface area (Å²) in [6.45, 7) is 6.57. The molecule has 2 aromatic rings. The highest BCUT2D eigenvalue weighted by Crippen LogP contribution is 2.27. The van der Waals surface area contributed by atoms with Crippen molar-refractivity contribution in [3.8, 4) is 11.3 Å². The molecular formula is C15H19N3O. The maximum atomic E-state index is 11.6. The van der Waals surface area contributed by atoms with E-state index in [0.29, 0.717) is 6.54 Å². The van der Waals surface area contributed by atoms with E-state index in [9.17, 15) is 4.79 Å². The lowest BCUT2D eigenvalue weighted by atomic mass is 9.95. The zero-order valence-corrected chi connectivity index (χ0v) is 11.8. The third kappa shape index (κ3) is 2.31. The fraction of sp³-hybridized carbons (Fsp3) is 0.333. The predicted octanol–water partition coefficient (Wildman–Crippen LogP) is 1.83. The fourth-order valence-electron chi connectivity index (χ4n) is 2.17. The third-order valence-corrected chi connectivity index (χ3v) is 3.70. The summed E-state index contributed by atoms with van der Waals surface area (Å²) in [7, 11) is 1.66. The highest BCUT2D eigenvalue weighted by Gasteiger charge is 2.12. The fourth-order valence-corrected chi connectivity index (χ4v) is 2.17.